The monoisotopic (exact) mass is 206 g/mol. The minimum Gasteiger partial charge on any atom is -0.309 e. The number of hydrogen-bond donors (Lipinski definition) is 1. The molecule has 2 nitrogen and oxygen atoms in total. The quantitative estimate of drug-likeness (QED) is 0.641. The van der Waals surface area contributed by atoms with E-state index in [0.29, 0.717) is 5.88 Å². The van der Waals surface area contributed by atoms with E-state index in [2.05, 4.69) is 38.2 Å². The predicted octanol–water partition coefficient (Wildman–Crippen LogP) is 1.94. The maximum atomic E-state index is 5.96. The first-order valence-corrected chi connectivity index (χ1v) is 5.59. The van der Waals surface area contributed by atoms with E-state index in [-0.39, 0.29) is 5.54 Å². The van der Waals surface area contributed by atoms with Crippen molar-refractivity contribution in [3.05, 3.63) is 0 Å². The highest BCUT2D eigenvalue weighted by Gasteiger charge is 2.23. The molecule has 0 rings (SSSR count). The summed E-state index contributed by atoms with van der Waals surface area (Å²) in [4.78, 5) is 2.18. The third-order valence-corrected chi connectivity index (χ3v) is 3.18. The highest BCUT2D eigenvalue weighted by Crippen LogP contribution is 2.16. The predicted molar refractivity (Wildman–Crippen MR) is 60.6 cm³/mol. The van der Waals surface area contributed by atoms with Gasteiger partial charge in [0.15, 0.2) is 0 Å². The number of nitrogens with zero attached hydrogens (tertiary/aromatic N) is 1. The van der Waals surface area contributed by atoms with E-state index in [1.165, 1.54) is 0 Å². The Labute approximate surface area is 87.6 Å². The molecule has 0 fully saturated rings. The van der Waals surface area contributed by atoms with E-state index in [1.807, 2.05) is 0 Å². The lowest BCUT2D eigenvalue weighted by Crippen LogP contribution is -2.48. The first kappa shape index (κ1) is 13.2. The fourth-order valence-electron chi connectivity index (χ4n) is 1.28. The van der Waals surface area contributed by atoms with Crippen LogP contribution in [0.3, 0.4) is 0 Å². The summed E-state index contributed by atoms with van der Waals surface area (Å²) in [5.41, 5.74) is 0.150. The first-order valence-electron chi connectivity index (χ1n) is 5.06. The minimum absolute atomic E-state index is 0.150. The van der Waals surface area contributed by atoms with Gasteiger partial charge >= 0.3 is 0 Å². The van der Waals surface area contributed by atoms with E-state index in [1.54, 1.807) is 0 Å². The standard InChI is InChI=1S/C10H23ClN2/c1-5-10(6-2,9-11)12-7-8-13(3)4/h12H,5-9H2,1-4H3. The molecule has 0 spiro atoms. The average Bonchev–Trinajstić information content (AvgIpc) is 2.13. The lowest BCUT2D eigenvalue weighted by atomic mass is 9.95. The van der Waals surface area contributed by atoms with Crippen molar-refractivity contribution >= 4 is 11.6 Å². The summed E-state index contributed by atoms with van der Waals surface area (Å²) in [6.07, 6.45) is 2.20. The molecular weight excluding hydrogens is 184 g/mol. The molecule has 0 aromatic rings. The highest BCUT2D eigenvalue weighted by atomic mass is 35.5. The molecule has 0 aliphatic heterocycles. The number of alkyl halides is 1. The Morgan fingerprint density at radius 3 is 2.08 bits per heavy atom. The second-order valence-electron chi connectivity index (χ2n) is 3.85. The molecule has 0 saturated heterocycles. The number of rotatable bonds is 7. The van der Waals surface area contributed by atoms with Gasteiger partial charge in [0.25, 0.3) is 0 Å². The van der Waals surface area contributed by atoms with Crippen LogP contribution >= 0.6 is 11.6 Å². The minimum atomic E-state index is 0.150. The zero-order valence-electron chi connectivity index (χ0n) is 9.36. The molecule has 0 aromatic carbocycles. The number of hydrogen-bond acceptors (Lipinski definition) is 2. The van der Waals surface area contributed by atoms with Crippen LogP contribution in [0.5, 0.6) is 0 Å². The molecule has 0 heterocycles. The molecule has 80 valence electrons. The third kappa shape index (κ3) is 4.84. The molecular formula is C10H23ClN2. The van der Waals surface area contributed by atoms with Gasteiger partial charge in [-0.05, 0) is 26.9 Å². The van der Waals surface area contributed by atoms with Gasteiger partial charge in [0.05, 0.1) is 0 Å². The van der Waals surface area contributed by atoms with Crippen LogP contribution in [-0.4, -0.2) is 43.5 Å². The molecule has 0 saturated carbocycles. The lowest BCUT2D eigenvalue weighted by Gasteiger charge is -2.31. The maximum Gasteiger partial charge on any atom is 0.0405 e. The number of halogens is 1. The van der Waals surface area contributed by atoms with E-state index in [4.69, 9.17) is 11.6 Å². The molecule has 0 aliphatic rings. The molecule has 0 radical (unpaired) electrons. The van der Waals surface area contributed by atoms with Crippen LogP contribution in [-0.2, 0) is 0 Å². The van der Waals surface area contributed by atoms with Crippen molar-refractivity contribution in [1.29, 1.82) is 0 Å². The molecule has 0 unspecified atom stereocenters. The normalized spacial score (nSPS) is 12.5. The van der Waals surface area contributed by atoms with Crippen LogP contribution in [0.15, 0.2) is 0 Å². The molecule has 3 heteroatoms. The van der Waals surface area contributed by atoms with Crippen molar-refractivity contribution in [1.82, 2.24) is 10.2 Å². The summed E-state index contributed by atoms with van der Waals surface area (Å²) in [5.74, 6) is 0.702. The summed E-state index contributed by atoms with van der Waals surface area (Å²) in [6, 6.07) is 0. The highest BCUT2D eigenvalue weighted by molar-refractivity contribution is 6.18. The molecule has 0 amide bonds. The summed E-state index contributed by atoms with van der Waals surface area (Å²) >= 11 is 5.96. The van der Waals surface area contributed by atoms with Gasteiger partial charge in [0.2, 0.25) is 0 Å². The molecule has 0 aromatic heterocycles. The van der Waals surface area contributed by atoms with Gasteiger partial charge in [-0.25, -0.2) is 0 Å². The summed E-state index contributed by atoms with van der Waals surface area (Å²) < 4.78 is 0. The summed E-state index contributed by atoms with van der Waals surface area (Å²) in [7, 11) is 4.17. The van der Waals surface area contributed by atoms with Crippen molar-refractivity contribution in [2.24, 2.45) is 0 Å². The van der Waals surface area contributed by atoms with E-state index in [0.717, 1.165) is 25.9 Å². The van der Waals surface area contributed by atoms with Crippen molar-refractivity contribution in [3.63, 3.8) is 0 Å². The van der Waals surface area contributed by atoms with E-state index in [9.17, 15) is 0 Å². The van der Waals surface area contributed by atoms with Crippen LogP contribution in [0.4, 0.5) is 0 Å². The Morgan fingerprint density at radius 1 is 1.23 bits per heavy atom. The third-order valence-electron chi connectivity index (χ3n) is 2.67. The van der Waals surface area contributed by atoms with Crippen molar-refractivity contribution in [3.8, 4) is 0 Å². The lowest BCUT2D eigenvalue weighted by molar-refractivity contribution is 0.307. The van der Waals surface area contributed by atoms with E-state index >= 15 is 0 Å². The maximum absolute atomic E-state index is 5.96. The average molecular weight is 207 g/mol. The van der Waals surface area contributed by atoms with Crippen LogP contribution < -0.4 is 5.32 Å². The number of nitrogens with one attached hydrogen (secondary N) is 1. The van der Waals surface area contributed by atoms with Crippen LogP contribution in [0.25, 0.3) is 0 Å². The van der Waals surface area contributed by atoms with Crippen molar-refractivity contribution in [2.75, 3.05) is 33.1 Å². The largest absolute Gasteiger partial charge is 0.309 e. The van der Waals surface area contributed by atoms with E-state index < -0.39 is 0 Å². The Kier molecular flexibility index (Phi) is 6.74. The van der Waals surface area contributed by atoms with Gasteiger partial charge in [0, 0.05) is 24.5 Å². The smallest absolute Gasteiger partial charge is 0.0405 e. The fourth-order valence-corrected chi connectivity index (χ4v) is 1.75. The second kappa shape index (κ2) is 6.63. The Morgan fingerprint density at radius 2 is 1.77 bits per heavy atom. The van der Waals surface area contributed by atoms with Crippen LogP contribution in [0.1, 0.15) is 26.7 Å². The van der Waals surface area contributed by atoms with Gasteiger partial charge in [-0.15, -0.1) is 11.6 Å². The number of likely N-dealkylation sites (N-methyl/N-ethyl adjacent to an activating group) is 1. The Balaban J connectivity index is 3.81. The Bertz CT molecular complexity index is 114. The van der Waals surface area contributed by atoms with Crippen molar-refractivity contribution in [2.45, 2.75) is 32.2 Å². The first-order chi connectivity index (χ1) is 6.10. The van der Waals surface area contributed by atoms with Gasteiger partial charge in [-0.1, -0.05) is 13.8 Å². The SMILES string of the molecule is CCC(CC)(CCl)NCCN(C)C. The second-order valence-corrected chi connectivity index (χ2v) is 4.12. The molecule has 0 atom stereocenters. The van der Waals surface area contributed by atoms with Gasteiger partial charge in [0.1, 0.15) is 0 Å². The van der Waals surface area contributed by atoms with Gasteiger partial charge in [-0.3, -0.25) is 0 Å². The molecule has 1 N–H and O–H groups in total. The summed E-state index contributed by atoms with van der Waals surface area (Å²) in [6.45, 7) is 6.46. The fraction of sp³-hybridized carbons (Fsp3) is 1.00. The molecule has 0 bridgehead atoms. The zero-order valence-corrected chi connectivity index (χ0v) is 10.1. The Hall–Kier alpha value is 0.210. The topological polar surface area (TPSA) is 15.3 Å². The van der Waals surface area contributed by atoms with Crippen LogP contribution in [0, 0.1) is 0 Å². The van der Waals surface area contributed by atoms with Gasteiger partial charge < -0.3 is 10.2 Å². The molecule has 13 heavy (non-hydrogen) atoms. The van der Waals surface area contributed by atoms with Gasteiger partial charge in [-0.2, -0.15) is 0 Å². The molecule has 0 aliphatic carbocycles. The van der Waals surface area contributed by atoms with Crippen LogP contribution in [0.2, 0.25) is 0 Å². The zero-order chi connectivity index (χ0) is 10.3. The van der Waals surface area contributed by atoms with Crippen molar-refractivity contribution < 1.29 is 0 Å². The summed E-state index contributed by atoms with van der Waals surface area (Å²) in [5, 5.41) is 3.54.